The molecule has 0 aliphatic rings. The Hall–Kier alpha value is -1.71. The molecule has 62 valence electrons. The van der Waals surface area contributed by atoms with Crippen LogP contribution >= 0.6 is 0 Å². The van der Waals surface area contributed by atoms with E-state index in [1.165, 1.54) is 6.92 Å². The van der Waals surface area contributed by atoms with Crippen LogP contribution in [-0.4, -0.2) is 21.0 Å². The summed E-state index contributed by atoms with van der Waals surface area (Å²) in [6, 6.07) is 1.77. The van der Waals surface area contributed by atoms with Crippen LogP contribution in [0.1, 0.15) is 18.7 Å². The summed E-state index contributed by atoms with van der Waals surface area (Å²) >= 11 is 0. The molecule has 0 aliphatic heterocycles. The monoisotopic (exact) mass is 163 g/mol. The van der Waals surface area contributed by atoms with E-state index in [0.29, 0.717) is 11.2 Å². The van der Waals surface area contributed by atoms with Gasteiger partial charge in [-0.1, -0.05) is 0 Å². The molecule has 0 amide bonds. The molecule has 2 heterocycles. The predicted octanol–water partition coefficient (Wildman–Crippen LogP) is 1.41. The van der Waals surface area contributed by atoms with Crippen LogP contribution in [0.4, 0.5) is 0 Å². The zero-order valence-electron chi connectivity index (χ0n) is 6.53. The van der Waals surface area contributed by atoms with Crippen molar-refractivity contribution >= 4 is 16.8 Å². The Kier molecular flexibility index (Phi) is 1.40. The van der Waals surface area contributed by atoms with Crippen molar-refractivity contribution in [1.82, 2.24) is 15.2 Å². The fourth-order valence-corrected chi connectivity index (χ4v) is 1.03. The van der Waals surface area contributed by atoms with Crippen LogP contribution in [0.2, 0.25) is 0 Å². The van der Waals surface area contributed by atoms with Crippen LogP contribution < -0.4 is 0 Å². The third kappa shape index (κ3) is 0.972. The van der Waals surface area contributed by atoms with Crippen molar-refractivity contribution in [3.63, 3.8) is 0 Å². The second-order valence-electron chi connectivity index (χ2n) is 2.59. The van der Waals surface area contributed by atoms with Gasteiger partial charge in [-0.15, -0.1) is 0 Å². The molecular formula is C8H9N3O. The second kappa shape index (κ2) is 2.41. The molecular weight excluding hydrogens is 154 g/mol. The van der Waals surface area contributed by atoms with Gasteiger partial charge in [0.2, 0.25) is 0 Å². The topological polar surface area (TPSA) is 58.6 Å². The maximum Gasteiger partial charge on any atom is 0.161 e. The van der Waals surface area contributed by atoms with Crippen molar-refractivity contribution in [1.29, 1.82) is 0 Å². The largest absolute Gasteiger partial charge is 0.294 e. The van der Waals surface area contributed by atoms with E-state index in [9.17, 15) is 4.79 Å². The number of ketones is 1. The van der Waals surface area contributed by atoms with E-state index in [2.05, 4.69) is 15.2 Å². The van der Waals surface area contributed by atoms with Crippen molar-refractivity contribution in [2.75, 3.05) is 0 Å². The van der Waals surface area contributed by atoms with E-state index >= 15 is 0 Å². The third-order valence-corrected chi connectivity index (χ3v) is 1.70. The highest BCUT2D eigenvalue weighted by Crippen LogP contribution is 2.09. The summed E-state index contributed by atoms with van der Waals surface area (Å²) in [6.45, 7) is 1.52. The maximum absolute atomic E-state index is 10.9. The highest BCUT2D eigenvalue weighted by atomic mass is 16.1. The summed E-state index contributed by atoms with van der Waals surface area (Å²) in [7, 11) is 0. The summed E-state index contributed by atoms with van der Waals surface area (Å²) in [5, 5.41) is 7.38. The van der Waals surface area contributed by atoms with Gasteiger partial charge in [0, 0.05) is 18.6 Å². The Morgan fingerprint density at radius 2 is 2.42 bits per heavy atom. The summed E-state index contributed by atoms with van der Waals surface area (Å²) in [5.74, 6) is 0.0191. The molecule has 0 radical (unpaired) electrons. The van der Waals surface area contributed by atoms with Crippen LogP contribution in [0.3, 0.4) is 0 Å². The Labute approximate surface area is 70.1 Å². The number of fused-ring (bicyclic) bond motifs is 1. The molecule has 2 aromatic heterocycles. The molecule has 0 fully saturated rings. The van der Waals surface area contributed by atoms with Crippen molar-refractivity contribution in [2.45, 2.75) is 6.92 Å². The average Bonchev–Trinajstić information content (AvgIpc) is 2.49. The van der Waals surface area contributed by atoms with Gasteiger partial charge in [-0.25, -0.2) is 4.98 Å². The second-order valence-corrected chi connectivity index (χ2v) is 2.59. The minimum Gasteiger partial charge on any atom is -0.294 e. The average molecular weight is 163 g/mol. The number of pyridine rings is 1. The molecule has 0 unspecified atom stereocenters. The van der Waals surface area contributed by atoms with E-state index in [-0.39, 0.29) is 7.21 Å². The normalized spacial score (nSPS) is 10.4. The molecule has 2 aromatic rings. The summed E-state index contributed by atoms with van der Waals surface area (Å²) in [5.41, 5.74) is 1.32. The van der Waals surface area contributed by atoms with Crippen LogP contribution in [0, 0.1) is 0 Å². The summed E-state index contributed by atoms with van der Waals surface area (Å²) < 4.78 is 0. The molecule has 0 atom stereocenters. The Balaban J connectivity index is 0.000000845. The standard InChI is InChI=1S/C8H7N3O.H2/c1-5(12)6-2-7-4-10-11-8(7)9-3-6;/h2-4H,1H3,(H,9,10,11);1H. The van der Waals surface area contributed by atoms with Crippen LogP contribution in [0.15, 0.2) is 18.5 Å². The lowest BCUT2D eigenvalue weighted by Gasteiger charge is -1.92. The van der Waals surface area contributed by atoms with Crippen molar-refractivity contribution in [3.05, 3.63) is 24.0 Å². The molecule has 0 saturated carbocycles. The zero-order chi connectivity index (χ0) is 8.55. The molecule has 12 heavy (non-hydrogen) atoms. The molecule has 0 saturated heterocycles. The van der Waals surface area contributed by atoms with E-state index < -0.39 is 0 Å². The number of hydrogen-bond acceptors (Lipinski definition) is 3. The quantitative estimate of drug-likeness (QED) is 0.646. The lowest BCUT2D eigenvalue weighted by atomic mass is 10.2. The Bertz CT molecular complexity index is 438. The molecule has 0 spiro atoms. The van der Waals surface area contributed by atoms with Gasteiger partial charge in [0.25, 0.3) is 0 Å². The number of rotatable bonds is 1. The summed E-state index contributed by atoms with van der Waals surface area (Å²) in [6.07, 6.45) is 3.19. The molecule has 0 aromatic carbocycles. The van der Waals surface area contributed by atoms with Gasteiger partial charge in [-0.3, -0.25) is 9.89 Å². The fourth-order valence-electron chi connectivity index (χ4n) is 1.03. The highest BCUT2D eigenvalue weighted by Gasteiger charge is 2.02. The molecule has 2 rings (SSSR count). The van der Waals surface area contributed by atoms with Gasteiger partial charge >= 0.3 is 0 Å². The van der Waals surface area contributed by atoms with Gasteiger partial charge in [0.1, 0.15) is 0 Å². The molecule has 4 nitrogen and oxygen atoms in total. The molecule has 0 bridgehead atoms. The number of hydrogen-bond donors (Lipinski definition) is 1. The first-order valence-electron chi connectivity index (χ1n) is 3.57. The number of nitrogens with zero attached hydrogens (tertiary/aromatic N) is 2. The highest BCUT2D eigenvalue weighted by molar-refractivity contribution is 5.96. The maximum atomic E-state index is 10.9. The van der Waals surface area contributed by atoms with Crippen LogP contribution in [-0.2, 0) is 0 Å². The third-order valence-electron chi connectivity index (χ3n) is 1.70. The lowest BCUT2D eigenvalue weighted by molar-refractivity contribution is 0.101. The molecule has 0 aliphatic carbocycles. The number of Topliss-reactive ketones (excluding diaryl/α,β-unsaturated/α-hetero) is 1. The van der Waals surface area contributed by atoms with Crippen molar-refractivity contribution in [2.24, 2.45) is 0 Å². The first-order chi connectivity index (χ1) is 5.77. The first-order valence-corrected chi connectivity index (χ1v) is 3.57. The van der Waals surface area contributed by atoms with E-state index in [4.69, 9.17) is 0 Å². The van der Waals surface area contributed by atoms with E-state index in [1.807, 2.05) is 0 Å². The summed E-state index contributed by atoms with van der Waals surface area (Å²) in [4.78, 5) is 15.0. The lowest BCUT2D eigenvalue weighted by Crippen LogP contribution is -1.92. The number of aromatic amines is 1. The Morgan fingerprint density at radius 3 is 3.17 bits per heavy atom. The fraction of sp³-hybridized carbons (Fsp3) is 0.125. The number of H-pyrrole nitrogens is 1. The van der Waals surface area contributed by atoms with Gasteiger partial charge in [0.15, 0.2) is 11.4 Å². The van der Waals surface area contributed by atoms with E-state index in [1.54, 1.807) is 18.5 Å². The smallest absolute Gasteiger partial charge is 0.161 e. The number of carbonyl (C=O) groups excluding carboxylic acids is 1. The zero-order valence-corrected chi connectivity index (χ0v) is 6.53. The van der Waals surface area contributed by atoms with Crippen molar-refractivity contribution < 1.29 is 6.22 Å². The Morgan fingerprint density at radius 1 is 1.58 bits per heavy atom. The van der Waals surface area contributed by atoms with Crippen molar-refractivity contribution in [3.8, 4) is 0 Å². The number of nitrogens with one attached hydrogen (secondary N) is 1. The van der Waals surface area contributed by atoms with Gasteiger partial charge in [-0.2, -0.15) is 5.10 Å². The van der Waals surface area contributed by atoms with Crippen LogP contribution in [0.25, 0.3) is 11.0 Å². The SMILES string of the molecule is CC(=O)c1cnc2[nH]ncc2c1.[HH]. The molecule has 4 heteroatoms. The van der Waals surface area contributed by atoms with E-state index in [0.717, 1.165) is 5.39 Å². The predicted molar refractivity (Wildman–Crippen MR) is 46.0 cm³/mol. The molecule has 1 N–H and O–H groups in total. The minimum atomic E-state index is 0. The number of carbonyl (C=O) groups is 1. The van der Waals surface area contributed by atoms with Crippen LogP contribution in [0.5, 0.6) is 0 Å². The van der Waals surface area contributed by atoms with Gasteiger partial charge in [0.05, 0.1) is 6.20 Å². The van der Waals surface area contributed by atoms with Gasteiger partial charge < -0.3 is 0 Å². The number of aromatic nitrogens is 3. The minimum absolute atomic E-state index is 0. The van der Waals surface area contributed by atoms with Gasteiger partial charge in [-0.05, 0) is 13.0 Å². The first kappa shape index (κ1) is 6.97.